The van der Waals surface area contributed by atoms with Gasteiger partial charge in [0.15, 0.2) is 11.7 Å². The van der Waals surface area contributed by atoms with Crippen molar-refractivity contribution in [2.24, 2.45) is 10.7 Å². The number of hydrogen-bond acceptors (Lipinski definition) is 3. The highest BCUT2D eigenvalue weighted by atomic mass is 127. The number of nitrogens with two attached hydrogens (primary N) is 1. The number of carbonyl (C=O) groups excluding carboxylic acids is 1. The Morgan fingerprint density at radius 1 is 1.33 bits per heavy atom. The number of nitrogens with one attached hydrogen (secondary N) is 2. The second-order valence-corrected chi connectivity index (χ2v) is 5.14. The van der Waals surface area contributed by atoms with Gasteiger partial charge in [-0.15, -0.1) is 24.0 Å². The summed E-state index contributed by atoms with van der Waals surface area (Å²) in [6, 6.07) is 10.7. The van der Waals surface area contributed by atoms with Crippen molar-refractivity contribution in [3.8, 4) is 0 Å². The highest BCUT2D eigenvalue weighted by Gasteiger charge is 2.08. The van der Waals surface area contributed by atoms with Crippen molar-refractivity contribution < 1.29 is 9.21 Å². The first-order valence-corrected chi connectivity index (χ1v) is 7.16. The molecule has 7 heteroatoms. The van der Waals surface area contributed by atoms with E-state index in [0.29, 0.717) is 24.7 Å². The molecule has 0 aliphatic heterocycles. The highest BCUT2D eigenvalue weighted by molar-refractivity contribution is 14.0. The molecule has 0 bridgehead atoms. The van der Waals surface area contributed by atoms with Crippen molar-refractivity contribution in [3.63, 3.8) is 0 Å². The van der Waals surface area contributed by atoms with Gasteiger partial charge in [0, 0.05) is 12.2 Å². The molecule has 24 heavy (non-hydrogen) atoms. The van der Waals surface area contributed by atoms with Crippen molar-refractivity contribution in [2.45, 2.75) is 13.5 Å². The molecule has 2 rings (SSSR count). The zero-order valence-corrected chi connectivity index (χ0v) is 15.7. The molecule has 0 aliphatic rings. The third-order valence-electron chi connectivity index (χ3n) is 2.93. The number of halogens is 1. The Kier molecular flexibility index (Phi) is 8.03. The summed E-state index contributed by atoms with van der Waals surface area (Å²) < 4.78 is 5.06. The van der Waals surface area contributed by atoms with E-state index in [1.54, 1.807) is 18.2 Å². The fourth-order valence-electron chi connectivity index (χ4n) is 1.82. The number of furan rings is 1. The fourth-order valence-corrected chi connectivity index (χ4v) is 1.82. The van der Waals surface area contributed by atoms with Crippen LogP contribution in [0.2, 0.25) is 0 Å². The molecule has 0 aliphatic carbocycles. The summed E-state index contributed by atoms with van der Waals surface area (Å²) in [5.41, 5.74) is 8.35. The Labute approximate surface area is 158 Å². The second-order valence-electron chi connectivity index (χ2n) is 5.14. The fraction of sp³-hybridized carbons (Fsp3) is 0.176. The lowest BCUT2D eigenvalue weighted by Crippen LogP contribution is -2.32. The number of anilines is 1. The van der Waals surface area contributed by atoms with Crippen LogP contribution >= 0.6 is 24.0 Å². The Hall–Kier alpha value is -2.29. The number of carbonyl (C=O) groups is 1. The van der Waals surface area contributed by atoms with E-state index < -0.39 is 0 Å². The van der Waals surface area contributed by atoms with Gasteiger partial charge in [0.05, 0.1) is 12.8 Å². The number of amides is 1. The standard InChI is InChI=1S/C17H20N4O2.HI/c1-12(2)10-19-17(18)20-11-13-5-3-6-14(9-13)21-16(22)15-7-4-8-23-15;/h3-9H,1,10-11H2,2H3,(H,21,22)(H3,18,19,20);1H. The Balaban J connectivity index is 0.00000288. The van der Waals surface area contributed by atoms with E-state index in [-0.39, 0.29) is 35.6 Å². The molecule has 4 N–H and O–H groups in total. The lowest BCUT2D eigenvalue weighted by Gasteiger charge is -2.07. The van der Waals surface area contributed by atoms with Crippen LogP contribution in [0.4, 0.5) is 5.69 Å². The van der Waals surface area contributed by atoms with Crippen LogP contribution in [0.25, 0.3) is 0 Å². The SMILES string of the molecule is C=C(C)CNC(N)=NCc1cccc(NC(=O)c2ccco2)c1.I. The molecular formula is C17H21IN4O2. The van der Waals surface area contributed by atoms with Crippen LogP contribution in [-0.2, 0) is 6.54 Å². The minimum Gasteiger partial charge on any atom is -0.459 e. The van der Waals surface area contributed by atoms with Gasteiger partial charge >= 0.3 is 0 Å². The monoisotopic (exact) mass is 440 g/mol. The molecule has 1 aromatic heterocycles. The van der Waals surface area contributed by atoms with E-state index in [9.17, 15) is 4.79 Å². The number of nitrogens with zero attached hydrogens (tertiary/aromatic N) is 1. The van der Waals surface area contributed by atoms with Crippen LogP contribution < -0.4 is 16.4 Å². The first-order chi connectivity index (χ1) is 11.0. The van der Waals surface area contributed by atoms with Gasteiger partial charge in [-0.1, -0.05) is 24.3 Å². The van der Waals surface area contributed by atoms with Crippen LogP contribution in [0.1, 0.15) is 23.0 Å². The molecule has 6 nitrogen and oxygen atoms in total. The first-order valence-electron chi connectivity index (χ1n) is 7.16. The maximum Gasteiger partial charge on any atom is 0.291 e. The zero-order chi connectivity index (χ0) is 16.7. The number of benzene rings is 1. The summed E-state index contributed by atoms with van der Waals surface area (Å²) >= 11 is 0. The molecule has 0 radical (unpaired) electrons. The normalized spacial score (nSPS) is 10.6. The van der Waals surface area contributed by atoms with E-state index in [1.165, 1.54) is 6.26 Å². The molecule has 2 aromatic rings. The van der Waals surface area contributed by atoms with E-state index >= 15 is 0 Å². The average Bonchev–Trinajstić information content (AvgIpc) is 3.06. The highest BCUT2D eigenvalue weighted by Crippen LogP contribution is 2.13. The third kappa shape index (κ3) is 6.45. The smallest absolute Gasteiger partial charge is 0.291 e. The Morgan fingerprint density at radius 3 is 2.79 bits per heavy atom. The van der Waals surface area contributed by atoms with Crippen molar-refractivity contribution in [3.05, 3.63) is 66.1 Å². The number of aliphatic imine (C=N–C) groups is 1. The summed E-state index contributed by atoms with van der Waals surface area (Å²) in [6.07, 6.45) is 1.46. The zero-order valence-electron chi connectivity index (χ0n) is 13.4. The second kappa shape index (κ2) is 9.76. The molecule has 0 saturated carbocycles. The third-order valence-corrected chi connectivity index (χ3v) is 2.93. The first kappa shape index (κ1) is 19.8. The molecule has 1 heterocycles. The van der Waals surface area contributed by atoms with Gasteiger partial charge in [-0.05, 0) is 36.8 Å². The molecule has 1 amide bonds. The maximum atomic E-state index is 11.9. The minimum absolute atomic E-state index is 0. The number of hydrogen-bond donors (Lipinski definition) is 3. The summed E-state index contributed by atoms with van der Waals surface area (Å²) in [7, 11) is 0. The Morgan fingerprint density at radius 2 is 2.12 bits per heavy atom. The quantitative estimate of drug-likeness (QED) is 0.279. The lowest BCUT2D eigenvalue weighted by atomic mass is 10.2. The largest absolute Gasteiger partial charge is 0.459 e. The van der Waals surface area contributed by atoms with E-state index in [0.717, 1.165) is 11.1 Å². The predicted octanol–water partition coefficient (Wildman–Crippen LogP) is 3.13. The average molecular weight is 440 g/mol. The van der Waals surface area contributed by atoms with Crippen molar-refractivity contribution in [1.29, 1.82) is 0 Å². The molecule has 0 unspecified atom stereocenters. The molecule has 128 valence electrons. The van der Waals surface area contributed by atoms with Gasteiger partial charge in [-0.3, -0.25) is 4.79 Å². The van der Waals surface area contributed by atoms with Crippen LogP contribution in [0, 0.1) is 0 Å². The van der Waals surface area contributed by atoms with Crippen LogP contribution in [0.5, 0.6) is 0 Å². The number of guanidine groups is 1. The molecule has 0 saturated heterocycles. The van der Waals surface area contributed by atoms with Crippen molar-refractivity contribution in [2.75, 3.05) is 11.9 Å². The molecule has 0 spiro atoms. The van der Waals surface area contributed by atoms with Crippen molar-refractivity contribution in [1.82, 2.24) is 5.32 Å². The van der Waals surface area contributed by atoms with Gasteiger partial charge in [-0.2, -0.15) is 0 Å². The lowest BCUT2D eigenvalue weighted by molar-refractivity contribution is 0.0996. The van der Waals surface area contributed by atoms with Crippen LogP contribution in [0.3, 0.4) is 0 Å². The summed E-state index contributed by atoms with van der Waals surface area (Å²) in [5.74, 6) is 0.331. The van der Waals surface area contributed by atoms with Crippen molar-refractivity contribution >= 4 is 41.5 Å². The molecule has 1 aromatic carbocycles. The minimum atomic E-state index is -0.293. The van der Waals surface area contributed by atoms with Gasteiger partial charge in [0.2, 0.25) is 0 Å². The topological polar surface area (TPSA) is 92.6 Å². The van der Waals surface area contributed by atoms with Gasteiger partial charge in [0.25, 0.3) is 5.91 Å². The molecule has 0 fully saturated rings. The van der Waals surface area contributed by atoms with Gasteiger partial charge in [0.1, 0.15) is 0 Å². The van der Waals surface area contributed by atoms with Gasteiger partial charge in [-0.25, -0.2) is 4.99 Å². The van der Waals surface area contributed by atoms with Crippen LogP contribution in [-0.4, -0.2) is 18.4 Å². The van der Waals surface area contributed by atoms with Gasteiger partial charge < -0.3 is 20.8 Å². The van der Waals surface area contributed by atoms with E-state index in [2.05, 4.69) is 22.2 Å². The van der Waals surface area contributed by atoms with Crippen LogP contribution in [0.15, 0.2) is 64.2 Å². The summed E-state index contributed by atoms with van der Waals surface area (Å²) in [5, 5.41) is 5.74. The summed E-state index contributed by atoms with van der Waals surface area (Å²) in [6.45, 7) is 6.70. The maximum absolute atomic E-state index is 11.9. The number of rotatable bonds is 6. The van der Waals surface area contributed by atoms with E-state index in [4.69, 9.17) is 10.2 Å². The molecule has 0 atom stereocenters. The summed E-state index contributed by atoms with van der Waals surface area (Å²) in [4.78, 5) is 16.2. The predicted molar refractivity (Wildman–Crippen MR) is 107 cm³/mol. The van der Waals surface area contributed by atoms with E-state index in [1.807, 2.05) is 25.1 Å². The molecular weight excluding hydrogens is 419 g/mol. The Bertz CT molecular complexity index is 711.